The summed E-state index contributed by atoms with van der Waals surface area (Å²) < 4.78 is 0. The lowest BCUT2D eigenvalue weighted by atomic mass is 10.0. The van der Waals surface area contributed by atoms with Crippen LogP contribution in [0.15, 0.2) is 77.8 Å². The van der Waals surface area contributed by atoms with Crippen LogP contribution in [-0.4, -0.2) is 6.21 Å². The van der Waals surface area contributed by atoms with E-state index in [1.54, 1.807) is 6.07 Å². The van der Waals surface area contributed by atoms with Crippen molar-refractivity contribution in [2.75, 3.05) is 0 Å². The molecule has 0 heterocycles. The Morgan fingerprint density at radius 2 is 1.50 bits per heavy atom. The minimum Gasteiger partial charge on any atom is -0.285 e. The molecule has 0 bridgehead atoms. The van der Waals surface area contributed by atoms with Gasteiger partial charge < -0.3 is 0 Å². The third-order valence-electron chi connectivity index (χ3n) is 3.88. The third kappa shape index (κ3) is 4.05. The van der Waals surface area contributed by atoms with Crippen molar-refractivity contribution in [3.05, 3.63) is 94.0 Å². The van der Waals surface area contributed by atoms with Gasteiger partial charge >= 0.3 is 0 Å². The molecule has 0 fully saturated rings. The zero-order valence-corrected chi connectivity index (χ0v) is 14.8. The molecule has 0 N–H and O–H groups in total. The van der Waals surface area contributed by atoms with Gasteiger partial charge in [-0.15, -0.1) is 0 Å². The molecule has 0 unspecified atom stereocenters. The summed E-state index contributed by atoms with van der Waals surface area (Å²) in [6.07, 6.45) is 1.88. The van der Waals surface area contributed by atoms with E-state index in [1.165, 1.54) is 11.1 Å². The molecule has 120 valence electrons. The van der Waals surface area contributed by atoms with Crippen LogP contribution in [0.5, 0.6) is 0 Å². The van der Waals surface area contributed by atoms with Gasteiger partial charge in [-0.1, -0.05) is 83.9 Å². The molecule has 0 saturated carbocycles. The van der Waals surface area contributed by atoms with Crippen LogP contribution in [0, 0.1) is 0 Å². The second-order valence-corrected chi connectivity index (χ2v) is 6.45. The molecule has 0 aromatic heterocycles. The first-order chi connectivity index (χ1) is 11.6. The lowest BCUT2D eigenvalue weighted by molar-refractivity contribution is 0.825. The Kier molecular flexibility index (Phi) is 5.34. The van der Waals surface area contributed by atoms with E-state index >= 15 is 0 Å². The summed E-state index contributed by atoms with van der Waals surface area (Å²) in [4.78, 5) is 4.61. The normalized spacial score (nSPS) is 12.5. The van der Waals surface area contributed by atoms with Gasteiger partial charge in [0.05, 0.1) is 6.04 Å². The molecule has 1 atom stereocenters. The maximum Gasteiger partial charge on any atom is 0.0735 e. The van der Waals surface area contributed by atoms with Gasteiger partial charge in [0.25, 0.3) is 0 Å². The molecular formula is C21H17Cl2N. The molecule has 3 aromatic rings. The molecule has 0 amide bonds. The molecule has 0 aliphatic carbocycles. The van der Waals surface area contributed by atoms with Crippen LogP contribution in [0.1, 0.15) is 24.1 Å². The Labute approximate surface area is 152 Å². The summed E-state index contributed by atoms with van der Waals surface area (Å²) in [6, 6.07) is 24.2. The first-order valence-electron chi connectivity index (χ1n) is 7.77. The van der Waals surface area contributed by atoms with Gasteiger partial charge in [-0.2, -0.15) is 0 Å². The molecular weight excluding hydrogens is 337 g/mol. The summed E-state index contributed by atoms with van der Waals surface area (Å²) in [6.45, 7) is 2.02. The van der Waals surface area contributed by atoms with Gasteiger partial charge in [-0.3, -0.25) is 4.99 Å². The number of benzene rings is 3. The van der Waals surface area contributed by atoms with E-state index < -0.39 is 0 Å². The first-order valence-corrected chi connectivity index (χ1v) is 8.53. The second-order valence-electron chi connectivity index (χ2n) is 5.61. The number of rotatable bonds is 4. The van der Waals surface area contributed by atoms with Gasteiger partial charge in [0, 0.05) is 16.3 Å². The maximum absolute atomic E-state index is 6.24. The number of halogens is 2. The van der Waals surface area contributed by atoms with Crippen molar-refractivity contribution in [2.45, 2.75) is 13.0 Å². The lowest BCUT2D eigenvalue weighted by Gasteiger charge is -2.09. The van der Waals surface area contributed by atoms with Crippen molar-refractivity contribution >= 4 is 29.4 Å². The average Bonchev–Trinajstić information content (AvgIpc) is 2.61. The van der Waals surface area contributed by atoms with E-state index in [2.05, 4.69) is 41.4 Å². The van der Waals surface area contributed by atoms with Crippen molar-refractivity contribution in [1.82, 2.24) is 0 Å². The van der Waals surface area contributed by atoms with E-state index in [9.17, 15) is 0 Å². The second kappa shape index (κ2) is 7.65. The predicted octanol–water partition coefficient (Wildman–Crippen LogP) is 6.84. The Balaban J connectivity index is 1.74. The first kappa shape index (κ1) is 16.8. The fourth-order valence-corrected chi connectivity index (χ4v) is 3.08. The minimum absolute atomic E-state index is 0.0245. The van der Waals surface area contributed by atoms with Crippen molar-refractivity contribution < 1.29 is 0 Å². The van der Waals surface area contributed by atoms with Crippen molar-refractivity contribution in [3.63, 3.8) is 0 Å². The number of nitrogens with zero attached hydrogens (tertiary/aromatic N) is 1. The summed E-state index contributed by atoms with van der Waals surface area (Å²) in [5.74, 6) is 0. The van der Waals surface area contributed by atoms with E-state index in [0.717, 1.165) is 11.1 Å². The highest BCUT2D eigenvalue weighted by molar-refractivity contribution is 6.35. The zero-order chi connectivity index (χ0) is 16.9. The van der Waals surface area contributed by atoms with Crippen LogP contribution in [0.25, 0.3) is 11.1 Å². The molecule has 3 heteroatoms. The standard InChI is InChI=1S/C21H17Cl2N/c1-15(20-12-11-19(22)13-21(20)23)24-14-16-7-9-18(10-8-16)17-5-3-2-4-6-17/h2-15H,1H3/b24-14-/t15-/m1/s1. The van der Waals surface area contributed by atoms with Crippen molar-refractivity contribution in [3.8, 4) is 11.1 Å². The van der Waals surface area contributed by atoms with E-state index in [0.29, 0.717) is 10.0 Å². The van der Waals surface area contributed by atoms with Gasteiger partial charge in [0.1, 0.15) is 0 Å². The highest BCUT2D eigenvalue weighted by atomic mass is 35.5. The fourth-order valence-electron chi connectivity index (χ4n) is 2.51. The van der Waals surface area contributed by atoms with Crippen LogP contribution >= 0.6 is 23.2 Å². The van der Waals surface area contributed by atoms with Crippen LogP contribution < -0.4 is 0 Å². The average molecular weight is 354 g/mol. The summed E-state index contributed by atoms with van der Waals surface area (Å²) in [5, 5.41) is 1.28. The molecule has 0 aliphatic rings. The fraction of sp³-hybridized carbons (Fsp3) is 0.0952. The molecule has 0 spiro atoms. The number of hydrogen-bond donors (Lipinski definition) is 0. The lowest BCUT2D eigenvalue weighted by Crippen LogP contribution is -1.92. The van der Waals surface area contributed by atoms with Crippen molar-refractivity contribution in [1.29, 1.82) is 0 Å². The molecule has 1 nitrogen and oxygen atoms in total. The van der Waals surface area contributed by atoms with Crippen LogP contribution in [-0.2, 0) is 0 Å². The predicted molar refractivity (Wildman–Crippen MR) is 104 cm³/mol. The Hall–Kier alpha value is -2.09. The van der Waals surface area contributed by atoms with Crippen LogP contribution in [0.3, 0.4) is 0 Å². The van der Waals surface area contributed by atoms with E-state index in [1.807, 2.05) is 43.5 Å². The van der Waals surface area contributed by atoms with Crippen LogP contribution in [0.4, 0.5) is 0 Å². The van der Waals surface area contributed by atoms with E-state index in [-0.39, 0.29) is 6.04 Å². The SMILES string of the molecule is C[C@@H](/N=C\c1ccc(-c2ccccc2)cc1)c1ccc(Cl)cc1Cl. The monoisotopic (exact) mass is 353 g/mol. The van der Waals surface area contributed by atoms with Gasteiger partial charge in [0.2, 0.25) is 0 Å². The summed E-state index contributed by atoms with van der Waals surface area (Å²) in [7, 11) is 0. The van der Waals surface area contributed by atoms with Gasteiger partial charge in [-0.05, 0) is 41.3 Å². The maximum atomic E-state index is 6.24. The smallest absolute Gasteiger partial charge is 0.0735 e. The van der Waals surface area contributed by atoms with E-state index in [4.69, 9.17) is 23.2 Å². The largest absolute Gasteiger partial charge is 0.285 e. The Morgan fingerprint density at radius 3 is 2.17 bits per heavy atom. The van der Waals surface area contributed by atoms with Crippen LogP contribution in [0.2, 0.25) is 10.0 Å². The highest BCUT2D eigenvalue weighted by Crippen LogP contribution is 2.28. The number of aliphatic imine (C=N–C) groups is 1. The highest BCUT2D eigenvalue weighted by Gasteiger charge is 2.08. The Bertz CT molecular complexity index is 839. The molecule has 0 radical (unpaired) electrons. The summed E-state index contributed by atoms with van der Waals surface area (Å²) in [5.41, 5.74) is 4.44. The Morgan fingerprint density at radius 1 is 0.833 bits per heavy atom. The number of hydrogen-bond acceptors (Lipinski definition) is 1. The summed E-state index contributed by atoms with van der Waals surface area (Å²) >= 11 is 12.2. The molecule has 3 rings (SSSR count). The third-order valence-corrected chi connectivity index (χ3v) is 4.44. The van der Waals surface area contributed by atoms with Gasteiger partial charge in [-0.25, -0.2) is 0 Å². The minimum atomic E-state index is -0.0245. The molecule has 0 aliphatic heterocycles. The zero-order valence-electron chi connectivity index (χ0n) is 13.3. The molecule has 24 heavy (non-hydrogen) atoms. The van der Waals surface area contributed by atoms with Gasteiger partial charge in [0.15, 0.2) is 0 Å². The quantitative estimate of drug-likeness (QED) is 0.455. The topological polar surface area (TPSA) is 12.4 Å². The molecule has 0 saturated heterocycles. The van der Waals surface area contributed by atoms with Crippen molar-refractivity contribution in [2.24, 2.45) is 4.99 Å². The molecule has 3 aromatic carbocycles.